The summed E-state index contributed by atoms with van der Waals surface area (Å²) in [6.07, 6.45) is 11.1. The second-order valence-corrected chi connectivity index (χ2v) is 9.16. The van der Waals surface area contributed by atoms with Gasteiger partial charge in [0.2, 0.25) is 11.8 Å². The topological polar surface area (TPSA) is 82.1 Å². The van der Waals surface area contributed by atoms with E-state index < -0.39 is 5.54 Å². The fourth-order valence-corrected chi connectivity index (χ4v) is 4.66. The Bertz CT molecular complexity index is 995. The molecule has 0 spiro atoms. The van der Waals surface area contributed by atoms with Crippen LogP contribution in [0.5, 0.6) is 0 Å². The van der Waals surface area contributed by atoms with E-state index in [1.54, 1.807) is 48.4 Å². The molecule has 7 nitrogen and oxygen atoms in total. The molecule has 2 aliphatic heterocycles. The molecule has 3 aliphatic rings. The third-order valence-electron chi connectivity index (χ3n) is 6.19. The molecule has 1 N–H and O–H groups in total. The number of fused-ring (bicyclic) bond motifs is 1. The molecule has 3 amide bonds. The fraction of sp³-hybridized carbons (Fsp3) is 0.417. The maximum atomic E-state index is 13.9. The van der Waals surface area contributed by atoms with Crippen molar-refractivity contribution in [2.45, 2.75) is 57.2 Å². The van der Waals surface area contributed by atoms with Crippen molar-refractivity contribution in [1.29, 1.82) is 0 Å². The lowest BCUT2D eigenvalue weighted by Gasteiger charge is -2.44. The van der Waals surface area contributed by atoms with Crippen LogP contribution in [-0.2, 0) is 20.9 Å². The van der Waals surface area contributed by atoms with Crippen LogP contribution in [0.25, 0.3) is 0 Å². The van der Waals surface area contributed by atoms with Crippen LogP contribution in [0.15, 0.2) is 53.7 Å². The standard InChI is InChI=1S/C24H27ClN4O3/c1-24(14-21(30)27-20-8-4-5-13-29(20)24)23(32)28(15-17-9-11-18(25)12-10-17)16-22(31)26-19-6-2-3-7-19/h4-5,8-13,19H,2-3,6-7,14-16H2,1H3,(H,26,31)/t24-/m1/s1. The van der Waals surface area contributed by atoms with E-state index in [0.29, 0.717) is 10.9 Å². The van der Waals surface area contributed by atoms with Crippen LogP contribution in [0.3, 0.4) is 0 Å². The van der Waals surface area contributed by atoms with Crippen LogP contribution in [0.2, 0.25) is 5.02 Å². The van der Waals surface area contributed by atoms with Crippen LogP contribution in [-0.4, -0.2) is 51.5 Å². The summed E-state index contributed by atoms with van der Waals surface area (Å²) in [5, 5.41) is 3.65. The molecule has 8 heteroatoms. The van der Waals surface area contributed by atoms with E-state index in [0.717, 1.165) is 31.2 Å². The average Bonchev–Trinajstić information content (AvgIpc) is 3.27. The first-order valence-electron chi connectivity index (χ1n) is 10.9. The Morgan fingerprint density at radius 3 is 2.66 bits per heavy atom. The maximum absolute atomic E-state index is 13.9. The molecule has 0 bridgehead atoms. The number of nitrogens with one attached hydrogen (secondary N) is 1. The highest BCUT2D eigenvalue weighted by Gasteiger charge is 2.47. The van der Waals surface area contributed by atoms with Gasteiger partial charge in [0, 0.05) is 23.8 Å². The third kappa shape index (κ3) is 4.78. The molecule has 1 aliphatic carbocycles. The summed E-state index contributed by atoms with van der Waals surface area (Å²) < 4.78 is 0. The molecule has 168 valence electrons. The molecule has 0 aromatic heterocycles. The van der Waals surface area contributed by atoms with Gasteiger partial charge in [-0.05, 0) is 49.6 Å². The molecule has 0 radical (unpaired) electrons. The molecular weight excluding hydrogens is 428 g/mol. The van der Waals surface area contributed by atoms with Gasteiger partial charge >= 0.3 is 0 Å². The highest BCUT2D eigenvalue weighted by atomic mass is 35.5. The molecule has 4 rings (SSSR count). The molecule has 1 fully saturated rings. The highest BCUT2D eigenvalue weighted by molar-refractivity contribution is 6.30. The zero-order valence-corrected chi connectivity index (χ0v) is 18.8. The predicted octanol–water partition coefficient (Wildman–Crippen LogP) is 3.20. The normalized spacial score (nSPS) is 22.5. The molecule has 1 aromatic rings. The van der Waals surface area contributed by atoms with Gasteiger partial charge in [-0.2, -0.15) is 4.99 Å². The van der Waals surface area contributed by atoms with Gasteiger partial charge < -0.3 is 15.1 Å². The first kappa shape index (κ1) is 22.3. The summed E-state index contributed by atoms with van der Waals surface area (Å²) in [6.45, 7) is 1.88. The van der Waals surface area contributed by atoms with Gasteiger partial charge in [0.25, 0.3) is 5.91 Å². The quantitative estimate of drug-likeness (QED) is 0.715. The number of amidine groups is 1. The van der Waals surface area contributed by atoms with Crippen molar-refractivity contribution in [3.63, 3.8) is 0 Å². The van der Waals surface area contributed by atoms with Crippen molar-refractivity contribution in [3.8, 4) is 0 Å². The number of halogens is 1. The van der Waals surface area contributed by atoms with E-state index in [1.807, 2.05) is 12.1 Å². The van der Waals surface area contributed by atoms with Crippen molar-refractivity contribution in [1.82, 2.24) is 15.1 Å². The summed E-state index contributed by atoms with van der Waals surface area (Å²) in [5.74, 6) is -0.405. The van der Waals surface area contributed by atoms with Crippen molar-refractivity contribution < 1.29 is 14.4 Å². The minimum atomic E-state index is -1.17. The van der Waals surface area contributed by atoms with Gasteiger partial charge in [0.05, 0.1) is 13.0 Å². The predicted molar refractivity (Wildman–Crippen MR) is 123 cm³/mol. The Balaban J connectivity index is 1.59. The van der Waals surface area contributed by atoms with E-state index in [4.69, 9.17) is 11.6 Å². The fourth-order valence-electron chi connectivity index (χ4n) is 4.54. The molecule has 1 saturated carbocycles. The summed E-state index contributed by atoms with van der Waals surface area (Å²) >= 11 is 6.01. The van der Waals surface area contributed by atoms with Gasteiger partial charge in [0.1, 0.15) is 11.4 Å². The van der Waals surface area contributed by atoms with Crippen molar-refractivity contribution in [2.24, 2.45) is 4.99 Å². The van der Waals surface area contributed by atoms with E-state index in [2.05, 4.69) is 10.3 Å². The SMILES string of the molecule is C[C@]1(C(=O)N(CC(=O)NC2CCCC2)Cc2ccc(Cl)cc2)CC(=O)N=C2C=CC=CN21. The first-order valence-corrected chi connectivity index (χ1v) is 11.3. The maximum Gasteiger partial charge on any atom is 0.250 e. The number of amides is 3. The number of rotatable bonds is 6. The Morgan fingerprint density at radius 2 is 1.94 bits per heavy atom. The number of carbonyl (C=O) groups excluding carboxylic acids is 3. The molecule has 1 atom stereocenters. The molecule has 0 saturated heterocycles. The number of hydrogen-bond donors (Lipinski definition) is 1. The number of hydrogen-bond acceptors (Lipinski definition) is 4. The Kier molecular flexibility index (Phi) is 6.46. The van der Waals surface area contributed by atoms with Crippen LogP contribution < -0.4 is 5.32 Å². The summed E-state index contributed by atoms with van der Waals surface area (Å²) in [6, 6.07) is 7.35. The molecule has 2 heterocycles. The summed E-state index contributed by atoms with van der Waals surface area (Å²) in [7, 11) is 0. The third-order valence-corrected chi connectivity index (χ3v) is 6.45. The van der Waals surface area contributed by atoms with Crippen molar-refractivity contribution in [3.05, 3.63) is 59.3 Å². The molecule has 0 unspecified atom stereocenters. The summed E-state index contributed by atoms with van der Waals surface area (Å²) in [5.41, 5.74) is -0.319. The Labute approximate surface area is 192 Å². The minimum absolute atomic E-state index is 0.0606. The number of aliphatic imine (C=N–C) groups is 1. The monoisotopic (exact) mass is 454 g/mol. The van der Waals surface area contributed by atoms with Crippen molar-refractivity contribution >= 4 is 35.2 Å². The largest absolute Gasteiger partial charge is 0.352 e. The van der Waals surface area contributed by atoms with E-state index in [-0.39, 0.29) is 43.3 Å². The number of benzene rings is 1. The van der Waals surface area contributed by atoms with Gasteiger partial charge in [0.15, 0.2) is 0 Å². The van der Waals surface area contributed by atoms with Crippen LogP contribution in [0.1, 0.15) is 44.6 Å². The highest BCUT2D eigenvalue weighted by Crippen LogP contribution is 2.30. The summed E-state index contributed by atoms with van der Waals surface area (Å²) in [4.78, 5) is 46.4. The van der Waals surface area contributed by atoms with E-state index in [9.17, 15) is 14.4 Å². The Morgan fingerprint density at radius 1 is 1.22 bits per heavy atom. The molecule has 1 aromatic carbocycles. The van der Waals surface area contributed by atoms with Crippen LogP contribution in [0, 0.1) is 0 Å². The zero-order valence-electron chi connectivity index (χ0n) is 18.1. The van der Waals surface area contributed by atoms with E-state index in [1.165, 1.54) is 4.90 Å². The number of nitrogens with zero attached hydrogens (tertiary/aromatic N) is 3. The first-order chi connectivity index (χ1) is 15.3. The van der Waals surface area contributed by atoms with E-state index >= 15 is 0 Å². The lowest BCUT2D eigenvalue weighted by Crippen LogP contribution is -2.61. The number of carbonyl (C=O) groups is 3. The van der Waals surface area contributed by atoms with Gasteiger partial charge in [-0.25, -0.2) is 0 Å². The van der Waals surface area contributed by atoms with Gasteiger partial charge in [-0.1, -0.05) is 42.7 Å². The Hall–Kier alpha value is -2.93. The number of allylic oxidation sites excluding steroid dienone is 2. The van der Waals surface area contributed by atoms with Gasteiger partial charge in [-0.15, -0.1) is 0 Å². The molecule has 32 heavy (non-hydrogen) atoms. The average molecular weight is 455 g/mol. The van der Waals surface area contributed by atoms with Gasteiger partial charge in [-0.3, -0.25) is 14.4 Å². The smallest absolute Gasteiger partial charge is 0.250 e. The lowest BCUT2D eigenvalue weighted by atomic mass is 9.90. The van der Waals surface area contributed by atoms with Crippen molar-refractivity contribution in [2.75, 3.05) is 6.54 Å². The second kappa shape index (κ2) is 9.28. The lowest BCUT2D eigenvalue weighted by molar-refractivity contribution is -0.146. The molecular formula is C24H27ClN4O3. The van der Waals surface area contributed by atoms with Crippen LogP contribution >= 0.6 is 11.6 Å². The zero-order chi connectivity index (χ0) is 22.7. The minimum Gasteiger partial charge on any atom is -0.352 e. The second-order valence-electron chi connectivity index (χ2n) is 8.72. The van der Waals surface area contributed by atoms with Crippen LogP contribution in [0.4, 0.5) is 0 Å².